The van der Waals surface area contributed by atoms with Crippen molar-refractivity contribution in [3.8, 4) is 0 Å². The number of esters is 1. The van der Waals surface area contributed by atoms with Crippen LogP contribution >= 0.6 is 0 Å². The van der Waals surface area contributed by atoms with Crippen molar-refractivity contribution in [1.29, 1.82) is 0 Å². The molecule has 24 heavy (non-hydrogen) atoms. The Morgan fingerprint density at radius 3 is 2.50 bits per heavy atom. The van der Waals surface area contributed by atoms with Gasteiger partial charge in [-0.3, -0.25) is 19.3 Å². The number of carbonyl (C=O) groups is 4. The highest BCUT2D eigenvalue weighted by Gasteiger charge is 2.35. The monoisotopic (exact) mass is 333 g/mol. The second-order valence-corrected chi connectivity index (χ2v) is 5.75. The molecule has 1 unspecified atom stereocenters. The lowest BCUT2D eigenvalue weighted by molar-refractivity contribution is -0.164. The van der Waals surface area contributed by atoms with E-state index < -0.39 is 18.0 Å². The summed E-state index contributed by atoms with van der Waals surface area (Å²) in [5, 5.41) is 9.19. The Balaban J connectivity index is 1.88. The number of ether oxygens (including phenoxy) is 1. The van der Waals surface area contributed by atoms with Gasteiger partial charge in [-0.2, -0.15) is 0 Å². The zero-order valence-electron chi connectivity index (χ0n) is 13.3. The van der Waals surface area contributed by atoms with Gasteiger partial charge in [-0.15, -0.1) is 0 Å². The number of carboxylic acids is 1. The number of imide groups is 1. The summed E-state index contributed by atoms with van der Waals surface area (Å²) in [7, 11) is 0. The first kappa shape index (κ1) is 17.7. The maximum absolute atomic E-state index is 11.9. The van der Waals surface area contributed by atoms with E-state index in [0.717, 1.165) is 10.5 Å². The molecule has 1 N–H and O–H groups in total. The van der Waals surface area contributed by atoms with Gasteiger partial charge in [-0.25, -0.2) is 4.79 Å². The quantitative estimate of drug-likeness (QED) is 0.590. The van der Waals surface area contributed by atoms with Crippen molar-refractivity contribution >= 4 is 23.8 Å². The van der Waals surface area contributed by atoms with Gasteiger partial charge in [0.2, 0.25) is 17.9 Å². The number of amides is 2. The van der Waals surface area contributed by atoms with E-state index in [-0.39, 0.29) is 43.5 Å². The lowest BCUT2D eigenvalue weighted by atomic mass is 10.1. The van der Waals surface area contributed by atoms with Crippen molar-refractivity contribution in [3.63, 3.8) is 0 Å². The fourth-order valence-corrected chi connectivity index (χ4v) is 2.51. The van der Waals surface area contributed by atoms with Crippen LogP contribution in [0, 0.1) is 5.92 Å². The Bertz CT molecular complexity index is 642. The van der Waals surface area contributed by atoms with Gasteiger partial charge in [0.1, 0.15) is 0 Å². The molecule has 0 radical (unpaired) electrons. The number of nitrogens with zero attached hydrogens (tertiary/aromatic N) is 1. The molecule has 1 aliphatic heterocycles. The maximum atomic E-state index is 11.9. The number of carboxylic acid groups (broad SMARTS) is 1. The van der Waals surface area contributed by atoms with Crippen LogP contribution in [0.5, 0.6) is 0 Å². The van der Waals surface area contributed by atoms with Gasteiger partial charge in [0.25, 0.3) is 0 Å². The molecule has 1 fully saturated rings. The van der Waals surface area contributed by atoms with Crippen molar-refractivity contribution in [2.45, 2.75) is 32.3 Å². The normalized spacial score (nSPS) is 18.5. The summed E-state index contributed by atoms with van der Waals surface area (Å²) in [5.41, 5.74) is 0.733. The average molecular weight is 333 g/mol. The number of hydrogen-bond donors (Lipinski definition) is 1. The second kappa shape index (κ2) is 7.72. The summed E-state index contributed by atoms with van der Waals surface area (Å²) in [4.78, 5) is 47.5. The van der Waals surface area contributed by atoms with E-state index >= 15 is 0 Å². The van der Waals surface area contributed by atoms with Crippen LogP contribution in [0.15, 0.2) is 30.3 Å². The third-order valence-electron chi connectivity index (χ3n) is 3.82. The second-order valence-electron chi connectivity index (χ2n) is 5.75. The van der Waals surface area contributed by atoms with Gasteiger partial charge in [0, 0.05) is 25.3 Å². The number of hydrogen-bond acceptors (Lipinski definition) is 5. The third-order valence-corrected chi connectivity index (χ3v) is 3.82. The molecular formula is C17H19NO6. The molecule has 2 rings (SSSR count). The topological polar surface area (TPSA) is 101 Å². The molecule has 1 aromatic carbocycles. The van der Waals surface area contributed by atoms with E-state index in [4.69, 9.17) is 4.74 Å². The van der Waals surface area contributed by atoms with Gasteiger partial charge in [0.15, 0.2) is 0 Å². The SMILES string of the molecule is CC1CC(=O)N(CCC(=O)O[C@H](Cc2ccccc2)C(=O)O)C1=O. The number of rotatable bonds is 7. The maximum Gasteiger partial charge on any atom is 0.345 e. The molecule has 128 valence electrons. The minimum absolute atomic E-state index is 0.0561. The first-order valence-corrected chi connectivity index (χ1v) is 7.69. The Morgan fingerprint density at radius 1 is 1.29 bits per heavy atom. The highest BCUT2D eigenvalue weighted by molar-refractivity contribution is 6.03. The lowest BCUT2D eigenvalue weighted by Crippen LogP contribution is -2.34. The smallest absolute Gasteiger partial charge is 0.345 e. The van der Waals surface area contributed by atoms with E-state index in [2.05, 4.69) is 0 Å². The van der Waals surface area contributed by atoms with Crippen LogP contribution in [0.4, 0.5) is 0 Å². The fraction of sp³-hybridized carbons (Fsp3) is 0.412. The van der Waals surface area contributed by atoms with E-state index in [1.165, 1.54) is 0 Å². The van der Waals surface area contributed by atoms with Crippen LogP contribution in [0.2, 0.25) is 0 Å². The molecule has 1 aromatic rings. The van der Waals surface area contributed by atoms with Crippen molar-refractivity contribution in [1.82, 2.24) is 4.90 Å². The Morgan fingerprint density at radius 2 is 1.96 bits per heavy atom. The van der Waals surface area contributed by atoms with E-state index in [9.17, 15) is 24.3 Å². The molecule has 0 saturated carbocycles. The van der Waals surface area contributed by atoms with Gasteiger partial charge in [-0.05, 0) is 5.56 Å². The minimum Gasteiger partial charge on any atom is -0.478 e. The summed E-state index contributed by atoms with van der Waals surface area (Å²) in [6.07, 6.45) is -1.33. The number of benzene rings is 1. The van der Waals surface area contributed by atoms with E-state index in [1.807, 2.05) is 0 Å². The van der Waals surface area contributed by atoms with Crippen molar-refractivity contribution in [2.75, 3.05) is 6.54 Å². The van der Waals surface area contributed by atoms with Crippen molar-refractivity contribution in [2.24, 2.45) is 5.92 Å². The zero-order chi connectivity index (χ0) is 17.7. The first-order valence-electron chi connectivity index (χ1n) is 7.69. The molecule has 0 aromatic heterocycles. The number of carbonyl (C=O) groups excluding carboxylic acids is 3. The summed E-state index contributed by atoms with van der Waals surface area (Å²) < 4.78 is 4.99. The van der Waals surface area contributed by atoms with Gasteiger partial charge in [0.05, 0.1) is 6.42 Å². The van der Waals surface area contributed by atoms with Crippen molar-refractivity contribution < 1.29 is 29.0 Å². The van der Waals surface area contributed by atoms with Crippen LogP contribution < -0.4 is 0 Å². The first-order chi connectivity index (χ1) is 11.4. The minimum atomic E-state index is -1.30. The highest BCUT2D eigenvalue weighted by Crippen LogP contribution is 2.19. The molecule has 0 bridgehead atoms. The van der Waals surface area contributed by atoms with Crippen molar-refractivity contribution in [3.05, 3.63) is 35.9 Å². The highest BCUT2D eigenvalue weighted by atomic mass is 16.6. The van der Waals surface area contributed by atoms with Crippen LogP contribution in [0.3, 0.4) is 0 Å². The van der Waals surface area contributed by atoms with Crippen LogP contribution in [-0.4, -0.2) is 46.4 Å². The summed E-state index contributed by atoms with van der Waals surface area (Å²) in [6.45, 7) is 1.57. The average Bonchev–Trinajstić information content (AvgIpc) is 2.78. The Hall–Kier alpha value is -2.70. The zero-order valence-corrected chi connectivity index (χ0v) is 13.3. The molecular weight excluding hydrogens is 314 g/mol. The Labute approximate surface area is 139 Å². The molecule has 7 heteroatoms. The summed E-state index contributed by atoms with van der Waals surface area (Å²) >= 11 is 0. The van der Waals surface area contributed by atoms with Crippen LogP contribution in [0.25, 0.3) is 0 Å². The predicted octanol–water partition coefficient (Wildman–Crippen LogP) is 1.01. The molecule has 1 saturated heterocycles. The van der Waals surface area contributed by atoms with Gasteiger partial charge in [-0.1, -0.05) is 37.3 Å². The standard InChI is InChI=1S/C17H19NO6/c1-11-9-14(19)18(16(11)21)8-7-15(20)24-13(17(22)23)10-12-5-3-2-4-6-12/h2-6,11,13H,7-10H2,1H3,(H,22,23)/t11?,13-/m1/s1. The summed E-state index contributed by atoms with van der Waals surface area (Å²) in [5.74, 6) is -3.00. The molecule has 1 heterocycles. The number of aliphatic carboxylic acids is 1. The molecule has 1 aliphatic rings. The van der Waals surface area contributed by atoms with E-state index in [0.29, 0.717) is 0 Å². The fourth-order valence-electron chi connectivity index (χ4n) is 2.51. The third kappa shape index (κ3) is 4.41. The number of likely N-dealkylation sites (tertiary alicyclic amines) is 1. The van der Waals surface area contributed by atoms with Gasteiger partial charge >= 0.3 is 11.9 Å². The molecule has 2 amide bonds. The molecule has 2 atom stereocenters. The largest absolute Gasteiger partial charge is 0.478 e. The van der Waals surface area contributed by atoms with Crippen LogP contribution in [-0.2, 0) is 30.3 Å². The Kier molecular flexibility index (Phi) is 5.68. The van der Waals surface area contributed by atoms with E-state index in [1.54, 1.807) is 37.3 Å². The van der Waals surface area contributed by atoms with Gasteiger partial charge < -0.3 is 9.84 Å². The molecule has 0 aliphatic carbocycles. The predicted molar refractivity (Wildman–Crippen MR) is 82.8 cm³/mol. The van der Waals surface area contributed by atoms with Crippen LogP contribution in [0.1, 0.15) is 25.3 Å². The summed E-state index contributed by atoms with van der Waals surface area (Å²) in [6, 6.07) is 8.82. The lowest BCUT2D eigenvalue weighted by Gasteiger charge is -2.16. The molecule has 0 spiro atoms. The molecule has 7 nitrogen and oxygen atoms in total.